The molecule has 2 aliphatic rings. The minimum Gasteiger partial charge on any atom is -0.442 e. The van der Waals surface area contributed by atoms with Crippen molar-refractivity contribution >= 4 is 58.4 Å². The molecule has 0 saturated heterocycles. The second kappa shape index (κ2) is 8.65. The maximum absolute atomic E-state index is 9.79. The fraction of sp³-hybridized carbons (Fsp3) is 0.217. The van der Waals surface area contributed by atoms with Crippen LogP contribution < -0.4 is 0 Å². The van der Waals surface area contributed by atoms with Crippen LogP contribution in [0.25, 0.3) is 6.08 Å². The molecule has 2 aromatic rings. The van der Waals surface area contributed by atoms with Gasteiger partial charge < -0.3 is 4.74 Å². The first kappa shape index (κ1) is 21.3. The van der Waals surface area contributed by atoms with Crippen molar-refractivity contribution in [3.05, 3.63) is 84.5 Å². The number of nitrogens with one attached hydrogen (secondary N) is 1. The van der Waals surface area contributed by atoms with Crippen molar-refractivity contribution in [1.29, 1.82) is 10.7 Å². The third kappa shape index (κ3) is 3.98. The van der Waals surface area contributed by atoms with Crippen LogP contribution in [0.1, 0.15) is 36.3 Å². The van der Waals surface area contributed by atoms with E-state index in [1.165, 1.54) is 0 Å². The Hall–Kier alpha value is -1.96. The molecule has 0 fully saturated rings. The van der Waals surface area contributed by atoms with Crippen LogP contribution in [0.3, 0.4) is 0 Å². The molecule has 0 bridgehead atoms. The second-order valence-electron chi connectivity index (χ2n) is 7.26. The first-order valence-corrected chi connectivity index (χ1v) is 10.9. The Labute approximate surface area is 195 Å². The summed E-state index contributed by atoms with van der Waals surface area (Å²) in [7, 11) is 0. The van der Waals surface area contributed by atoms with Crippen molar-refractivity contribution in [2.75, 3.05) is 0 Å². The van der Waals surface area contributed by atoms with Crippen molar-refractivity contribution in [3.8, 4) is 6.07 Å². The van der Waals surface area contributed by atoms with E-state index in [-0.39, 0.29) is 11.8 Å². The first-order valence-electron chi connectivity index (χ1n) is 9.39. The van der Waals surface area contributed by atoms with Crippen molar-refractivity contribution in [3.63, 3.8) is 0 Å². The van der Waals surface area contributed by atoms with Crippen LogP contribution in [-0.4, -0.2) is 5.90 Å². The number of halogens is 4. The maximum atomic E-state index is 9.79. The number of hydrogen-bond acceptors (Lipinski definition) is 3. The predicted octanol–water partition coefficient (Wildman–Crippen LogP) is 8.05. The van der Waals surface area contributed by atoms with Gasteiger partial charge in [0.15, 0.2) is 0 Å². The zero-order chi connectivity index (χ0) is 21.4. The number of rotatable bonds is 2. The van der Waals surface area contributed by atoms with E-state index in [2.05, 4.69) is 6.07 Å². The topological polar surface area (TPSA) is 56.9 Å². The highest BCUT2D eigenvalue weighted by atomic mass is 35.5. The van der Waals surface area contributed by atoms with E-state index in [4.69, 9.17) is 56.5 Å². The lowest BCUT2D eigenvalue weighted by Gasteiger charge is -2.36. The molecular formula is C23H16Cl4N2O. The molecule has 30 heavy (non-hydrogen) atoms. The van der Waals surface area contributed by atoms with Gasteiger partial charge in [0.2, 0.25) is 5.90 Å². The Bertz CT molecular complexity index is 1150. The lowest BCUT2D eigenvalue weighted by atomic mass is 9.73. The summed E-state index contributed by atoms with van der Waals surface area (Å²) in [5.74, 6) is -0.552. The van der Waals surface area contributed by atoms with Gasteiger partial charge in [0.1, 0.15) is 11.7 Å². The molecule has 152 valence electrons. The van der Waals surface area contributed by atoms with Gasteiger partial charge in [-0.25, -0.2) is 0 Å². The molecule has 4 rings (SSSR count). The molecule has 0 radical (unpaired) electrons. The van der Waals surface area contributed by atoms with Crippen LogP contribution in [0.15, 0.2) is 53.3 Å². The van der Waals surface area contributed by atoms with Crippen LogP contribution in [0.4, 0.5) is 0 Å². The highest BCUT2D eigenvalue weighted by Gasteiger charge is 2.41. The minimum absolute atomic E-state index is 0.0812. The average Bonchev–Trinajstić information content (AvgIpc) is 2.70. The third-order valence-electron chi connectivity index (χ3n) is 5.41. The third-order valence-corrected chi connectivity index (χ3v) is 6.53. The van der Waals surface area contributed by atoms with E-state index in [0.717, 1.165) is 41.5 Å². The summed E-state index contributed by atoms with van der Waals surface area (Å²) < 4.78 is 5.89. The first-order chi connectivity index (χ1) is 14.4. The van der Waals surface area contributed by atoms with Gasteiger partial charge in [-0.3, -0.25) is 5.41 Å². The summed E-state index contributed by atoms with van der Waals surface area (Å²) in [6.07, 6.45) is 4.40. The maximum Gasteiger partial charge on any atom is 0.205 e. The summed E-state index contributed by atoms with van der Waals surface area (Å²) in [6, 6.07) is 12.8. The Kier molecular flexibility index (Phi) is 6.14. The molecule has 0 spiro atoms. The number of ether oxygens (including phenoxy) is 1. The SMILES string of the molecule is N#CC1C(=N)OC2=C(CCC/C2=C\c2ccc(Cl)cc2Cl)C1c1ccc(Cl)cc1Cl. The van der Waals surface area contributed by atoms with Gasteiger partial charge >= 0.3 is 0 Å². The fourth-order valence-corrected chi connectivity index (χ4v) is 5.04. The molecule has 1 aliphatic carbocycles. The smallest absolute Gasteiger partial charge is 0.205 e. The molecule has 7 heteroatoms. The van der Waals surface area contributed by atoms with Crippen LogP contribution in [0.5, 0.6) is 0 Å². The number of benzene rings is 2. The second-order valence-corrected chi connectivity index (χ2v) is 8.95. The molecule has 0 aromatic heterocycles. The minimum atomic E-state index is -0.749. The number of nitriles is 1. The number of allylic oxidation sites excluding steroid dienone is 2. The molecule has 2 atom stereocenters. The molecular weight excluding hydrogens is 462 g/mol. The Morgan fingerprint density at radius 3 is 2.37 bits per heavy atom. The van der Waals surface area contributed by atoms with Gasteiger partial charge in [0.05, 0.1) is 6.07 Å². The summed E-state index contributed by atoms with van der Waals surface area (Å²) in [5.41, 5.74) is 3.52. The van der Waals surface area contributed by atoms with Gasteiger partial charge in [-0.15, -0.1) is 0 Å². The van der Waals surface area contributed by atoms with E-state index in [9.17, 15) is 5.26 Å². The average molecular weight is 478 g/mol. The van der Waals surface area contributed by atoms with Crippen molar-refractivity contribution in [2.45, 2.75) is 25.2 Å². The van der Waals surface area contributed by atoms with E-state index in [1.807, 2.05) is 18.2 Å². The van der Waals surface area contributed by atoms with Crippen LogP contribution >= 0.6 is 46.4 Å². The Morgan fingerprint density at radius 2 is 1.70 bits per heavy atom. The largest absolute Gasteiger partial charge is 0.442 e. The van der Waals surface area contributed by atoms with Crippen molar-refractivity contribution in [2.24, 2.45) is 5.92 Å². The fourth-order valence-electron chi connectivity index (χ4n) is 4.05. The van der Waals surface area contributed by atoms with Gasteiger partial charge in [0.25, 0.3) is 0 Å². The molecule has 1 aliphatic heterocycles. The van der Waals surface area contributed by atoms with Crippen molar-refractivity contribution in [1.82, 2.24) is 0 Å². The molecule has 1 heterocycles. The lowest BCUT2D eigenvalue weighted by molar-refractivity contribution is 0.335. The van der Waals surface area contributed by atoms with E-state index in [0.29, 0.717) is 25.8 Å². The monoisotopic (exact) mass is 476 g/mol. The van der Waals surface area contributed by atoms with Crippen LogP contribution in [0.2, 0.25) is 20.1 Å². The zero-order valence-electron chi connectivity index (χ0n) is 15.7. The Balaban J connectivity index is 1.87. The number of nitrogens with zero attached hydrogens (tertiary/aromatic N) is 1. The lowest BCUT2D eigenvalue weighted by Crippen LogP contribution is -2.32. The predicted molar refractivity (Wildman–Crippen MR) is 122 cm³/mol. The van der Waals surface area contributed by atoms with Crippen LogP contribution in [-0.2, 0) is 4.74 Å². The standard InChI is InChI=1S/C23H16Cl4N2O/c24-14-5-4-12(19(26)9-14)8-13-2-1-3-17-21(16-7-6-15(25)10-20(16)27)18(11-28)23(29)30-22(13)17/h4-10,18,21,29H,1-3H2/b13-8+,29-23?. The zero-order valence-corrected chi connectivity index (χ0v) is 18.7. The van der Waals surface area contributed by atoms with E-state index in [1.54, 1.807) is 24.3 Å². The Morgan fingerprint density at radius 1 is 1.00 bits per heavy atom. The summed E-state index contributed by atoms with van der Waals surface area (Å²) in [5, 5.41) is 20.3. The molecule has 2 aromatic carbocycles. The number of hydrogen-bond donors (Lipinski definition) is 1. The normalized spacial score (nSPS) is 22.5. The highest BCUT2D eigenvalue weighted by molar-refractivity contribution is 6.36. The van der Waals surface area contributed by atoms with E-state index < -0.39 is 5.92 Å². The molecule has 3 nitrogen and oxygen atoms in total. The van der Waals surface area contributed by atoms with Crippen LogP contribution in [0, 0.1) is 22.7 Å². The summed E-state index contributed by atoms with van der Waals surface area (Å²) >= 11 is 24.9. The molecule has 2 unspecified atom stereocenters. The quantitative estimate of drug-likeness (QED) is 0.475. The van der Waals surface area contributed by atoms with Gasteiger partial charge in [-0.1, -0.05) is 58.5 Å². The summed E-state index contributed by atoms with van der Waals surface area (Å²) in [6.45, 7) is 0. The molecule has 1 N–H and O–H groups in total. The summed E-state index contributed by atoms with van der Waals surface area (Å²) in [4.78, 5) is 0. The van der Waals surface area contributed by atoms with E-state index >= 15 is 0 Å². The van der Waals surface area contributed by atoms with Gasteiger partial charge in [0, 0.05) is 26.0 Å². The highest BCUT2D eigenvalue weighted by Crippen LogP contribution is 2.48. The molecule has 0 amide bonds. The van der Waals surface area contributed by atoms with Crippen molar-refractivity contribution < 1.29 is 4.74 Å². The van der Waals surface area contributed by atoms with Gasteiger partial charge in [-0.05, 0) is 71.9 Å². The molecule has 0 saturated carbocycles. The van der Waals surface area contributed by atoms with Gasteiger partial charge in [-0.2, -0.15) is 5.26 Å².